The van der Waals surface area contributed by atoms with Gasteiger partial charge in [-0.3, -0.25) is 25.8 Å². The first-order valence-corrected chi connectivity index (χ1v) is 9.71. The summed E-state index contributed by atoms with van der Waals surface area (Å²) in [5.41, 5.74) is 5.40. The second-order valence-electron chi connectivity index (χ2n) is 5.21. The van der Waals surface area contributed by atoms with Crippen molar-refractivity contribution in [2.24, 2.45) is 0 Å². The highest BCUT2D eigenvalue weighted by atomic mass is 79.9. The van der Waals surface area contributed by atoms with Gasteiger partial charge in [0, 0.05) is 15.6 Å². The van der Waals surface area contributed by atoms with E-state index in [0.29, 0.717) is 21.4 Å². The standard InChI is InChI=1S/C18H14BrCl2N3O3S/c19-12-6-7-15(14(21)9-12)27-10-17(26)23-24-18(28)22-16(25)8-5-11-3-1-2-4-13(11)20/h1-9H,10H2,(H,23,26)(H2,22,24,25,28)/b8-5+. The molecule has 2 amide bonds. The van der Waals surface area contributed by atoms with Crippen molar-refractivity contribution in [1.82, 2.24) is 16.2 Å². The van der Waals surface area contributed by atoms with Crippen molar-refractivity contribution in [1.29, 1.82) is 0 Å². The highest BCUT2D eigenvalue weighted by Gasteiger charge is 2.07. The van der Waals surface area contributed by atoms with Crippen LogP contribution in [0.5, 0.6) is 5.75 Å². The summed E-state index contributed by atoms with van der Waals surface area (Å²) in [6.45, 7) is -0.294. The van der Waals surface area contributed by atoms with Crippen LogP contribution in [0.3, 0.4) is 0 Å². The molecule has 0 heterocycles. The van der Waals surface area contributed by atoms with Gasteiger partial charge in [0.1, 0.15) is 5.75 Å². The minimum absolute atomic E-state index is 0.0798. The number of ether oxygens (including phenoxy) is 1. The number of rotatable bonds is 5. The zero-order valence-corrected chi connectivity index (χ0v) is 18.1. The highest BCUT2D eigenvalue weighted by Crippen LogP contribution is 2.27. The fourth-order valence-corrected chi connectivity index (χ4v) is 2.94. The second kappa shape index (κ2) is 11.0. The zero-order valence-electron chi connectivity index (χ0n) is 14.2. The van der Waals surface area contributed by atoms with Gasteiger partial charge >= 0.3 is 0 Å². The molecule has 0 radical (unpaired) electrons. The van der Waals surface area contributed by atoms with E-state index >= 15 is 0 Å². The van der Waals surface area contributed by atoms with Gasteiger partial charge in [-0.1, -0.05) is 57.3 Å². The summed E-state index contributed by atoms with van der Waals surface area (Å²) in [4.78, 5) is 23.6. The van der Waals surface area contributed by atoms with Crippen molar-refractivity contribution in [2.45, 2.75) is 0 Å². The van der Waals surface area contributed by atoms with Gasteiger partial charge in [0.25, 0.3) is 5.91 Å². The Bertz CT molecular complexity index is 925. The summed E-state index contributed by atoms with van der Waals surface area (Å²) in [7, 11) is 0. The second-order valence-corrected chi connectivity index (χ2v) is 7.35. The van der Waals surface area contributed by atoms with Crippen molar-refractivity contribution in [3.8, 4) is 5.75 Å². The van der Waals surface area contributed by atoms with E-state index in [1.165, 1.54) is 6.08 Å². The molecule has 3 N–H and O–H groups in total. The zero-order chi connectivity index (χ0) is 20.5. The summed E-state index contributed by atoms with van der Waals surface area (Å²) in [5.74, 6) is -0.632. The van der Waals surface area contributed by atoms with Crippen LogP contribution in [0.25, 0.3) is 6.08 Å². The van der Waals surface area contributed by atoms with Gasteiger partial charge in [0.15, 0.2) is 11.7 Å². The first kappa shape index (κ1) is 22.2. The Morgan fingerprint density at radius 3 is 2.57 bits per heavy atom. The molecule has 0 bridgehead atoms. The van der Waals surface area contributed by atoms with Crippen LogP contribution in [0.2, 0.25) is 10.0 Å². The van der Waals surface area contributed by atoms with Gasteiger partial charge in [0.05, 0.1) is 5.02 Å². The van der Waals surface area contributed by atoms with Crippen LogP contribution >= 0.6 is 51.3 Å². The van der Waals surface area contributed by atoms with Gasteiger partial charge in [-0.2, -0.15) is 0 Å². The van der Waals surface area contributed by atoms with E-state index in [-0.39, 0.29) is 11.7 Å². The molecule has 0 aliphatic rings. The molecule has 6 nitrogen and oxygen atoms in total. The molecular formula is C18H14BrCl2N3O3S. The van der Waals surface area contributed by atoms with E-state index in [0.717, 1.165) is 4.47 Å². The Balaban J connectivity index is 1.73. The third kappa shape index (κ3) is 7.47. The average molecular weight is 503 g/mol. The minimum Gasteiger partial charge on any atom is -0.482 e. The molecule has 0 atom stereocenters. The van der Waals surface area contributed by atoms with Gasteiger partial charge in [-0.25, -0.2) is 0 Å². The summed E-state index contributed by atoms with van der Waals surface area (Å²) in [6, 6.07) is 12.1. The Kier molecular flexibility index (Phi) is 8.72. The van der Waals surface area contributed by atoms with Crippen molar-refractivity contribution < 1.29 is 14.3 Å². The average Bonchev–Trinajstić information content (AvgIpc) is 2.65. The Morgan fingerprint density at radius 2 is 1.86 bits per heavy atom. The maximum absolute atomic E-state index is 11.8. The van der Waals surface area contributed by atoms with Crippen LogP contribution in [-0.2, 0) is 9.59 Å². The van der Waals surface area contributed by atoms with Crippen LogP contribution in [0, 0.1) is 0 Å². The van der Waals surface area contributed by atoms with E-state index in [2.05, 4.69) is 32.1 Å². The number of carbonyl (C=O) groups is 2. The van der Waals surface area contributed by atoms with E-state index in [4.69, 9.17) is 40.2 Å². The van der Waals surface area contributed by atoms with E-state index in [1.807, 2.05) is 0 Å². The lowest BCUT2D eigenvalue weighted by Gasteiger charge is -2.11. The maximum atomic E-state index is 11.8. The molecule has 0 spiro atoms. The van der Waals surface area contributed by atoms with Crippen LogP contribution in [0.15, 0.2) is 53.0 Å². The Hall–Kier alpha value is -2.13. The molecule has 2 aromatic rings. The Labute approximate surface area is 185 Å². The normalized spacial score (nSPS) is 10.4. The molecule has 146 valence electrons. The van der Waals surface area contributed by atoms with E-state index in [9.17, 15) is 9.59 Å². The lowest BCUT2D eigenvalue weighted by Crippen LogP contribution is -2.49. The van der Waals surface area contributed by atoms with Crippen LogP contribution in [-0.4, -0.2) is 23.5 Å². The maximum Gasteiger partial charge on any atom is 0.276 e. The largest absolute Gasteiger partial charge is 0.482 e. The van der Waals surface area contributed by atoms with E-state index in [1.54, 1.807) is 48.5 Å². The molecule has 0 saturated heterocycles. The van der Waals surface area contributed by atoms with Gasteiger partial charge in [0.2, 0.25) is 5.91 Å². The van der Waals surface area contributed by atoms with Crippen molar-refractivity contribution in [3.63, 3.8) is 0 Å². The number of hydrogen-bond donors (Lipinski definition) is 3. The minimum atomic E-state index is -0.512. The first-order valence-electron chi connectivity index (χ1n) is 7.75. The van der Waals surface area contributed by atoms with Crippen LogP contribution < -0.4 is 20.9 Å². The number of amides is 2. The third-order valence-electron chi connectivity index (χ3n) is 3.12. The molecular weight excluding hydrogens is 489 g/mol. The van der Waals surface area contributed by atoms with Crippen molar-refractivity contribution in [3.05, 3.63) is 68.6 Å². The molecule has 0 saturated carbocycles. The molecule has 2 aromatic carbocycles. The molecule has 0 aromatic heterocycles. The predicted molar refractivity (Wildman–Crippen MR) is 117 cm³/mol. The molecule has 0 unspecified atom stereocenters. The number of nitrogens with one attached hydrogen (secondary N) is 3. The quantitative estimate of drug-likeness (QED) is 0.328. The van der Waals surface area contributed by atoms with Gasteiger partial charge in [-0.05, 0) is 48.1 Å². The number of halogens is 3. The highest BCUT2D eigenvalue weighted by molar-refractivity contribution is 9.10. The molecule has 10 heteroatoms. The van der Waals surface area contributed by atoms with Gasteiger partial charge < -0.3 is 4.74 Å². The van der Waals surface area contributed by atoms with E-state index < -0.39 is 11.8 Å². The molecule has 0 aliphatic heterocycles. The molecule has 2 rings (SSSR count). The number of carbonyl (C=O) groups excluding carboxylic acids is 2. The van der Waals surface area contributed by atoms with Gasteiger partial charge in [-0.15, -0.1) is 0 Å². The third-order valence-corrected chi connectivity index (χ3v) is 4.46. The summed E-state index contributed by atoms with van der Waals surface area (Å²) >= 11 is 20.2. The Morgan fingerprint density at radius 1 is 1.11 bits per heavy atom. The van der Waals surface area contributed by atoms with Crippen molar-refractivity contribution >= 4 is 74.4 Å². The monoisotopic (exact) mass is 501 g/mol. The number of benzene rings is 2. The lowest BCUT2D eigenvalue weighted by atomic mass is 10.2. The molecule has 0 aliphatic carbocycles. The fraction of sp³-hybridized carbons (Fsp3) is 0.0556. The first-order chi connectivity index (χ1) is 13.3. The summed E-state index contributed by atoms with van der Waals surface area (Å²) in [5, 5.41) is 3.19. The SMILES string of the molecule is O=C(/C=C/c1ccccc1Cl)NC(=S)NNC(=O)COc1ccc(Br)cc1Cl. The fourth-order valence-electron chi connectivity index (χ4n) is 1.86. The van der Waals surface area contributed by atoms with Crippen LogP contribution in [0.4, 0.5) is 0 Å². The number of thiocarbonyl (C=S) groups is 1. The number of hydrogen-bond acceptors (Lipinski definition) is 4. The number of hydrazine groups is 1. The summed E-state index contributed by atoms with van der Waals surface area (Å²) in [6.07, 6.45) is 2.82. The molecule has 28 heavy (non-hydrogen) atoms. The molecule has 0 fully saturated rings. The summed E-state index contributed by atoms with van der Waals surface area (Å²) < 4.78 is 6.10. The topological polar surface area (TPSA) is 79.5 Å². The predicted octanol–water partition coefficient (Wildman–Crippen LogP) is 3.87. The smallest absolute Gasteiger partial charge is 0.276 e. The van der Waals surface area contributed by atoms with Crippen molar-refractivity contribution in [2.75, 3.05) is 6.61 Å². The van der Waals surface area contributed by atoms with Crippen LogP contribution in [0.1, 0.15) is 5.56 Å². The lowest BCUT2D eigenvalue weighted by molar-refractivity contribution is -0.123.